The lowest BCUT2D eigenvalue weighted by molar-refractivity contribution is -0.165. The summed E-state index contributed by atoms with van der Waals surface area (Å²) in [6, 6.07) is 10.4. The van der Waals surface area contributed by atoms with Crippen LogP contribution >= 0.6 is 0 Å². The van der Waals surface area contributed by atoms with Gasteiger partial charge in [0.1, 0.15) is 0 Å². The van der Waals surface area contributed by atoms with Crippen molar-refractivity contribution in [3.63, 3.8) is 0 Å². The fourth-order valence-electron chi connectivity index (χ4n) is 2.16. The number of hydrogen-bond donors (Lipinski definition) is 1. The lowest BCUT2D eigenvalue weighted by Gasteiger charge is -2.14. The molecule has 1 aromatic rings. The Balaban J connectivity index is 2.10. The predicted molar refractivity (Wildman–Crippen MR) is 84.4 cm³/mol. The predicted octanol–water partition coefficient (Wildman–Crippen LogP) is 2.09. The van der Waals surface area contributed by atoms with E-state index in [4.69, 9.17) is 4.74 Å². The van der Waals surface area contributed by atoms with Crippen LogP contribution in [0.3, 0.4) is 0 Å². The van der Waals surface area contributed by atoms with Crippen LogP contribution in [0, 0.1) is 0 Å². The lowest BCUT2D eigenvalue weighted by atomic mass is 10.1. The normalized spacial score (nSPS) is 11.7. The van der Waals surface area contributed by atoms with Crippen molar-refractivity contribution in [1.82, 2.24) is 5.32 Å². The van der Waals surface area contributed by atoms with E-state index in [0.717, 1.165) is 32.4 Å². The van der Waals surface area contributed by atoms with E-state index in [0.29, 0.717) is 6.42 Å². The number of rotatable bonds is 10. The van der Waals surface area contributed by atoms with Gasteiger partial charge in [-0.1, -0.05) is 30.3 Å². The number of carbonyl (C=O) groups excluding carboxylic acids is 2. The number of hydrogen-bond acceptors (Lipinski definition) is 5. The van der Waals surface area contributed by atoms with Crippen LogP contribution in [0.25, 0.3) is 0 Å². The van der Waals surface area contributed by atoms with Gasteiger partial charge in [0.15, 0.2) is 6.10 Å². The fourth-order valence-corrected chi connectivity index (χ4v) is 2.16. The molecule has 22 heavy (non-hydrogen) atoms. The third-order valence-corrected chi connectivity index (χ3v) is 3.25. The summed E-state index contributed by atoms with van der Waals surface area (Å²) in [6.07, 6.45) is 2.53. The molecule has 5 nitrogen and oxygen atoms in total. The third-order valence-electron chi connectivity index (χ3n) is 3.25. The van der Waals surface area contributed by atoms with Gasteiger partial charge in [0.05, 0.1) is 7.11 Å². The monoisotopic (exact) mass is 307 g/mol. The van der Waals surface area contributed by atoms with Crippen LogP contribution in [0.4, 0.5) is 0 Å². The molecule has 122 valence electrons. The molecular formula is C17H25NO4. The molecule has 0 bridgehead atoms. The Kier molecular flexibility index (Phi) is 8.91. The molecule has 0 aliphatic carbocycles. The first kappa shape index (κ1) is 18.2. The molecule has 0 radical (unpaired) electrons. The number of ether oxygens (including phenoxy) is 2. The van der Waals surface area contributed by atoms with Crippen molar-refractivity contribution in [1.29, 1.82) is 0 Å². The summed E-state index contributed by atoms with van der Waals surface area (Å²) in [5.74, 6) is -0.967. The highest BCUT2D eigenvalue weighted by molar-refractivity contribution is 5.78. The first-order chi connectivity index (χ1) is 10.6. The van der Waals surface area contributed by atoms with Crippen molar-refractivity contribution in [2.45, 2.75) is 38.7 Å². The summed E-state index contributed by atoms with van der Waals surface area (Å²) < 4.78 is 9.57. The number of aryl methyl sites for hydroxylation is 1. The second-order valence-electron chi connectivity index (χ2n) is 5.10. The maximum atomic E-state index is 11.5. The topological polar surface area (TPSA) is 64.6 Å². The van der Waals surface area contributed by atoms with Crippen molar-refractivity contribution in [3.05, 3.63) is 35.9 Å². The quantitative estimate of drug-likeness (QED) is 0.530. The van der Waals surface area contributed by atoms with Crippen molar-refractivity contribution in [2.75, 3.05) is 20.2 Å². The molecule has 1 rings (SSSR count). The van der Waals surface area contributed by atoms with E-state index in [1.807, 2.05) is 18.2 Å². The SMILES string of the molecule is COC(=O)C(CCCNCCCc1ccccc1)OC(C)=O. The highest BCUT2D eigenvalue weighted by atomic mass is 16.6. The molecule has 0 fully saturated rings. The van der Waals surface area contributed by atoms with Crippen LogP contribution in [0.5, 0.6) is 0 Å². The Morgan fingerprint density at radius 2 is 1.82 bits per heavy atom. The first-order valence-electron chi connectivity index (χ1n) is 7.63. The van der Waals surface area contributed by atoms with E-state index in [2.05, 4.69) is 22.2 Å². The summed E-state index contributed by atoms with van der Waals surface area (Å²) in [5.41, 5.74) is 1.34. The number of nitrogens with one attached hydrogen (secondary N) is 1. The fraction of sp³-hybridized carbons (Fsp3) is 0.529. The number of benzene rings is 1. The molecule has 5 heteroatoms. The maximum absolute atomic E-state index is 11.5. The Labute approximate surface area is 132 Å². The Morgan fingerprint density at radius 3 is 2.45 bits per heavy atom. The molecule has 0 amide bonds. The molecule has 1 unspecified atom stereocenters. The zero-order valence-corrected chi connectivity index (χ0v) is 13.3. The average molecular weight is 307 g/mol. The minimum absolute atomic E-state index is 0.466. The summed E-state index contributed by atoms with van der Waals surface area (Å²) in [4.78, 5) is 22.4. The second-order valence-corrected chi connectivity index (χ2v) is 5.10. The van der Waals surface area contributed by atoms with E-state index in [1.165, 1.54) is 19.6 Å². The summed E-state index contributed by atoms with van der Waals surface area (Å²) in [7, 11) is 1.29. The summed E-state index contributed by atoms with van der Waals surface area (Å²) in [5, 5.41) is 3.33. The van der Waals surface area contributed by atoms with Gasteiger partial charge >= 0.3 is 11.9 Å². The van der Waals surface area contributed by atoms with E-state index in [9.17, 15) is 9.59 Å². The van der Waals surface area contributed by atoms with Crippen molar-refractivity contribution < 1.29 is 19.1 Å². The van der Waals surface area contributed by atoms with E-state index >= 15 is 0 Å². The van der Waals surface area contributed by atoms with Crippen LogP contribution in [0.2, 0.25) is 0 Å². The third kappa shape index (κ3) is 7.78. The van der Waals surface area contributed by atoms with Crippen LogP contribution < -0.4 is 5.32 Å². The van der Waals surface area contributed by atoms with Gasteiger partial charge in [0, 0.05) is 6.92 Å². The molecule has 0 saturated heterocycles. The van der Waals surface area contributed by atoms with Gasteiger partial charge in [0.2, 0.25) is 0 Å². The zero-order valence-electron chi connectivity index (χ0n) is 13.3. The Bertz CT molecular complexity index is 447. The number of carbonyl (C=O) groups is 2. The highest BCUT2D eigenvalue weighted by Crippen LogP contribution is 2.05. The van der Waals surface area contributed by atoms with Gasteiger partial charge in [-0.05, 0) is 44.3 Å². The number of esters is 2. The van der Waals surface area contributed by atoms with Gasteiger partial charge in [-0.2, -0.15) is 0 Å². The molecular weight excluding hydrogens is 282 g/mol. The molecule has 0 saturated carbocycles. The number of methoxy groups -OCH3 is 1. The summed E-state index contributed by atoms with van der Waals surface area (Å²) in [6.45, 7) is 2.99. The minimum Gasteiger partial charge on any atom is -0.466 e. The van der Waals surface area contributed by atoms with Crippen LogP contribution in [-0.4, -0.2) is 38.2 Å². The molecule has 0 aromatic heterocycles. The van der Waals surface area contributed by atoms with Crippen molar-refractivity contribution >= 4 is 11.9 Å². The lowest BCUT2D eigenvalue weighted by Crippen LogP contribution is -2.29. The van der Waals surface area contributed by atoms with Gasteiger partial charge in [-0.15, -0.1) is 0 Å². The Hall–Kier alpha value is -1.88. The smallest absolute Gasteiger partial charge is 0.347 e. The molecule has 1 atom stereocenters. The van der Waals surface area contributed by atoms with Crippen molar-refractivity contribution in [3.8, 4) is 0 Å². The van der Waals surface area contributed by atoms with Crippen molar-refractivity contribution in [2.24, 2.45) is 0 Å². The molecule has 0 heterocycles. The van der Waals surface area contributed by atoms with Gasteiger partial charge in [-0.25, -0.2) is 4.79 Å². The van der Waals surface area contributed by atoms with E-state index in [-0.39, 0.29) is 0 Å². The molecule has 1 N–H and O–H groups in total. The zero-order chi connectivity index (χ0) is 16.2. The molecule has 0 aliphatic rings. The molecule has 0 aliphatic heterocycles. The Morgan fingerprint density at radius 1 is 1.14 bits per heavy atom. The largest absolute Gasteiger partial charge is 0.466 e. The maximum Gasteiger partial charge on any atom is 0.347 e. The second kappa shape index (κ2) is 10.8. The standard InChI is InChI=1S/C17H25NO4/c1-14(19)22-16(17(20)21-2)11-7-13-18-12-6-10-15-8-4-3-5-9-15/h3-5,8-9,16,18H,6-7,10-13H2,1-2H3. The van der Waals surface area contributed by atoms with Gasteiger partial charge in [-0.3, -0.25) is 4.79 Å². The van der Waals surface area contributed by atoms with Crippen LogP contribution in [0.1, 0.15) is 31.7 Å². The van der Waals surface area contributed by atoms with E-state index in [1.54, 1.807) is 0 Å². The first-order valence-corrected chi connectivity index (χ1v) is 7.63. The van der Waals surface area contributed by atoms with E-state index < -0.39 is 18.0 Å². The molecule has 0 spiro atoms. The van der Waals surface area contributed by atoms with Gasteiger partial charge in [0.25, 0.3) is 0 Å². The highest BCUT2D eigenvalue weighted by Gasteiger charge is 2.21. The van der Waals surface area contributed by atoms with Crippen LogP contribution in [0.15, 0.2) is 30.3 Å². The van der Waals surface area contributed by atoms with Gasteiger partial charge < -0.3 is 14.8 Å². The van der Waals surface area contributed by atoms with Crippen LogP contribution in [-0.2, 0) is 25.5 Å². The minimum atomic E-state index is -0.798. The average Bonchev–Trinajstić information content (AvgIpc) is 2.52. The summed E-state index contributed by atoms with van der Waals surface area (Å²) >= 11 is 0. The molecule has 1 aromatic carbocycles.